The van der Waals surface area contributed by atoms with Crippen molar-refractivity contribution in [2.24, 2.45) is 0 Å². The molecular weight excluding hydrogens is 262 g/mol. The number of ether oxygens (including phenoxy) is 2. The van der Waals surface area contributed by atoms with E-state index in [0.29, 0.717) is 13.2 Å². The maximum atomic E-state index is 5.81. The summed E-state index contributed by atoms with van der Waals surface area (Å²) in [6.45, 7) is 8.54. The molecule has 0 heterocycles. The fourth-order valence-corrected chi connectivity index (χ4v) is 1.93. The summed E-state index contributed by atoms with van der Waals surface area (Å²) in [6.07, 6.45) is 7.97. The second kappa shape index (κ2) is 10.1. The van der Waals surface area contributed by atoms with E-state index in [-0.39, 0.29) is 6.04 Å². The molecule has 1 aromatic carbocycles. The van der Waals surface area contributed by atoms with Gasteiger partial charge in [0, 0.05) is 19.0 Å². The van der Waals surface area contributed by atoms with Gasteiger partial charge in [0.05, 0.1) is 13.2 Å². The highest BCUT2D eigenvalue weighted by Crippen LogP contribution is 2.31. The average Bonchev–Trinajstić information content (AvgIpc) is 2.51. The topological polar surface area (TPSA) is 30.5 Å². The largest absolute Gasteiger partial charge is 0.490 e. The molecule has 3 heteroatoms. The lowest BCUT2D eigenvalue weighted by Crippen LogP contribution is -2.19. The minimum Gasteiger partial charge on any atom is -0.490 e. The van der Waals surface area contributed by atoms with Gasteiger partial charge in [-0.3, -0.25) is 0 Å². The highest BCUT2D eigenvalue weighted by atomic mass is 16.5. The molecule has 0 fully saturated rings. The standard InChI is InChI=1S/C18H27NO2/c1-5-8-11-19-15(4)16-9-10-17(20-12-6-2)18(14-16)21-13-7-3/h1,9-10,14-15,19H,6-8,11-13H2,2-4H3. The lowest BCUT2D eigenvalue weighted by molar-refractivity contribution is 0.268. The van der Waals surface area contributed by atoms with E-state index in [1.807, 2.05) is 6.07 Å². The van der Waals surface area contributed by atoms with Crippen molar-refractivity contribution in [2.75, 3.05) is 19.8 Å². The van der Waals surface area contributed by atoms with Gasteiger partial charge >= 0.3 is 0 Å². The summed E-state index contributed by atoms with van der Waals surface area (Å²) < 4.78 is 11.6. The monoisotopic (exact) mass is 289 g/mol. The Hall–Kier alpha value is -1.66. The molecule has 0 spiro atoms. The minimum atomic E-state index is 0.238. The quantitative estimate of drug-likeness (QED) is 0.523. The predicted octanol–water partition coefficient (Wildman–Crippen LogP) is 3.94. The molecule has 0 radical (unpaired) electrons. The molecule has 116 valence electrons. The first kappa shape index (κ1) is 17.4. The third kappa shape index (κ3) is 6.10. The minimum absolute atomic E-state index is 0.238. The first-order valence-electron chi connectivity index (χ1n) is 7.79. The van der Waals surface area contributed by atoms with Crippen molar-refractivity contribution < 1.29 is 9.47 Å². The summed E-state index contributed by atoms with van der Waals surface area (Å²) in [5, 5.41) is 3.41. The van der Waals surface area contributed by atoms with Crippen LogP contribution in [-0.2, 0) is 0 Å². The van der Waals surface area contributed by atoms with E-state index < -0.39 is 0 Å². The van der Waals surface area contributed by atoms with Crippen LogP contribution in [0.1, 0.15) is 51.6 Å². The van der Waals surface area contributed by atoms with Gasteiger partial charge < -0.3 is 14.8 Å². The summed E-state index contributed by atoms with van der Waals surface area (Å²) in [5.74, 6) is 4.29. The maximum Gasteiger partial charge on any atom is 0.161 e. The Kier molecular flexibility index (Phi) is 8.38. The lowest BCUT2D eigenvalue weighted by atomic mass is 10.1. The first-order valence-corrected chi connectivity index (χ1v) is 7.79. The third-order valence-electron chi connectivity index (χ3n) is 3.11. The zero-order chi connectivity index (χ0) is 15.5. The summed E-state index contributed by atoms with van der Waals surface area (Å²) in [7, 11) is 0. The van der Waals surface area contributed by atoms with Crippen LogP contribution in [0.4, 0.5) is 0 Å². The van der Waals surface area contributed by atoms with Crippen LogP contribution in [0.3, 0.4) is 0 Å². The van der Waals surface area contributed by atoms with E-state index >= 15 is 0 Å². The molecule has 1 aromatic rings. The molecule has 21 heavy (non-hydrogen) atoms. The Bertz CT molecular complexity index is 451. The molecule has 1 N–H and O–H groups in total. The lowest BCUT2D eigenvalue weighted by Gasteiger charge is -2.17. The molecule has 0 aromatic heterocycles. The van der Waals surface area contributed by atoms with Gasteiger partial charge in [-0.05, 0) is 37.5 Å². The molecule has 0 amide bonds. The van der Waals surface area contributed by atoms with Crippen LogP contribution in [0.5, 0.6) is 11.5 Å². The van der Waals surface area contributed by atoms with Crippen LogP contribution < -0.4 is 14.8 Å². The molecule has 0 aliphatic heterocycles. The van der Waals surface area contributed by atoms with Crippen molar-refractivity contribution in [3.8, 4) is 23.8 Å². The van der Waals surface area contributed by atoms with Crippen LogP contribution in [0.25, 0.3) is 0 Å². The summed E-state index contributed by atoms with van der Waals surface area (Å²) >= 11 is 0. The molecular formula is C18H27NO2. The fraction of sp³-hybridized carbons (Fsp3) is 0.556. The first-order chi connectivity index (χ1) is 10.2. The molecule has 0 bridgehead atoms. The highest BCUT2D eigenvalue weighted by Gasteiger charge is 2.10. The smallest absolute Gasteiger partial charge is 0.161 e. The van der Waals surface area contributed by atoms with E-state index in [2.05, 4.69) is 44.1 Å². The van der Waals surface area contributed by atoms with Gasteiger partial charge in [0.25, 0.3) is 0 Å². The molecule has 0 saturated carbocycles. The van der Waals surface area contributed by atoms with Gasteiger partial charge in [0.1, 0.15) is 0 Å². The van der Waals surface area contributed by atoms with Crippen molar-refractivity contribution in [2.45, 2.75) is 46.1 Å². The van der Waals surface area contributed by atoms with Crippen LogP contribution in [0.15, 0.2) is 18.2 Å². The second-order valence-corrected chi connectivity index (χ2v) is 5.03. The van der Waals surface area contributed by atoms with Crippen molar-refractivity contribution >= 4 is 0 Å². The summed E-state index contributed by atoms with van der Waals surface area (Å²) in [5.41, 5.74) is 1.18. The van der Waals surface area contributed by atoms with Gasteiger partial charge in [-0.2, -0.15) is 0 Å². The number of nitrogens with one attached hydrogen (secondary N) is 1. The SMILES string of the molecule is C#CCCNC(C)c1ccc(OCCC)c(OCCC)c1. The van der Waals surface area contributed by atoms with E-state index in [1.165, 1.54) is 5.56 Å². The Balaban J connectivity index is 2.79. The molecule has 1 unspecified atom stereocenters. The number of terminal acetylenes is 1. The predicted molar refractivity (Wildman–Crippen MR) is 87.9 cm³/mol. The number of rotatable bonds is 10. The van der Waals surface area contributed by atoms with Crippen molar-refractivity contribution in [1.82, 2.24) is 5.32 Å². The third-order valence-corrected chi connectivity index (χ3v) is 3.11. The summed E-state index contributed by atoms with van der Waals surface area (Å²) in [4.78, 5) is 0. The molecule has 0 aliphatic carbocycles. The molecule has 1 rings (SSSR count). The Morgan fingerprint density at radius 2 is 1.81 bits per heavy atom. The van der Waals surface area contributed by atoms with E-state index in [0.717, 1.165) is 37.3 Å². The van der Waals surface area contributed by atoms with E-state index in [1.54, 1.807) is 0 Å². The van der Waals surface area contributed by atoms with E-state index in [9.17, 15) is 0 Å². The van der Waals surface area contributed by atoms with Gasteiger partial charge in [-0.25, -0.2) is 0 Å². The average molecular weight is 289 g/mol. The Labute approximate surface area is 129 Å². The zero-order valence-electron chi connectivity index (χ0n) is 13.4. The normalized spacial score (nSPS) is 11.7. The molecule has 1 atom stereocenters. The Morgan fingerprint density at radius 3 is 2.43 bits per heavy atom. The molecule has 0 saturated heterocycles. The maximum absolute atomic E-state index is 5.81. The van der Waals surface area contributed by atoms with E-state index in [4.69, 9.17) is 15.9 Å². The van der Waals surface area contributed by atoms with Gasteiger partial charge in [-0.1, -0.05) is 19.9 Å². The Morgan fingerprint density at radius 1 is 1.14 bits per heavy atom. The number of hydrogen-bond donors (Lipinski definition) is 1. The second-order valence-electron chi connectivity index (χ2n) is 5.03. The zero-order valence-corrected chi connectivity index (χ0v) is 13.4. The van der Waals surface area contributed by atoms with Gasteiger partial charge in [0.2, 0.25) is 0 Å². The number of benzene rings is 1. The van der Waals surface area contributed by atoms with Crippen LogP contribution in [0, 0.1) is 12.3 Å². The summed E-state index contributed by atoms with van der Waals surface area (Å²) in [6, 6.07) is 6.38. The van der Waals surface area contributed by atoms with Gasteiger partial charge in [0.15, 0.2) is 11.5 Å². The van der Waals surface area contributed by atoms with Crippen molar-refractivity contribution in [1.29, 1.82) is 0 Å². The number of hydrogen-bond acceptors (Lipinski definition) is 3. The van der Waals surface area contributed by atoms with Crippen molar-refractivity contribution in [3.05, 3.63) is 23.8 Å². The van der Waals surface area contributed by atoms with Crippen LogP contribution in [0.2, 0.25) is 0 Å². The van der Waals surface area contributed by atoms with Crippen molar-refractivity contribution in [3.63, 3.8) is 0 Å². The molecule has 0 aliphatic rings. The van der Waals surface area contributed by atoms with Crippen LogP contribution >= 0.6 is 0 Å². The van der Waals surface area contributed by atoms with Gasteiger partial charge in [-0.15, -0.1) is 12.3 Å². The fourth-order valence-electron chi connectivity index (χ4n) is 1.93. The van der Waals surface area contributed by atoms with Crippen LogP contribution in [-0.4, -0.2) is 19.8 Å². The highest BCUT2D eigenvalue weighted by molar-refractivity contribution is 5.43. The molecule has 3 nitrogen and oxygen atoms in total.